The zero-order chi connectivity index (χ0) is 18.0. The highest BCUT2D eigenvalue weighted by Gasteiger charge is 2.37. The van der Waals surface area contributed by atoms with Gasteiger partial charge in [0, 0.05) is 12.1 Å². The largest absolute Gasteiger partial charge is 0.480 e. The van der Waals surface area contributed by atoms with Crippen molar-refractivity contribution in [2.24, 2.45) is 5.92 Å². The van der Waals surface area contributed by atoms with Crippen molar-refractivity contribution in [1.29, 1.82) is 0 Å². The average molecular weight is 343 g/mol. The molecule has 0 spiro atoms. The summed E-state index contributed by atoms with van der Waals surface area (Å²) in [7, 11) is 0. The number of rotatable bonds is 4. The number of carbonyl (C=O) groups is 2. The van der Waals surface area contributed by atoms with Crippen molar-refractivity contribution < 1.29 is 14.7 Å². The van der Waals surface area contributed by atoms with E-state index in [-0.39, 0.29) is 11.8 Å². The van der Waals surface area contributed by atoms with Gasteiger partial charge in [-0.15, -0.1) is 10.2 Å². The van der Waals surface area contributed by atoms with Gasteiger partial charge in [-0.3, -0.25) is 4.79 Å². The summed E-state index contributed by atoms with van der Waals surface area (Å²) in [6.07, 6.45) is 1.26. The molecule has 3 rings (SSSR count). The summed E-state index contributed by atoms with van der Waals surface area (Å²) in [4.78, 5) is 27.0. The normalized spacial score (nSPS) is 21.8. The molecule has 1 fully saturated rings. The molecule has 1 N–H and O–H groups in total. The molecular formula is C17H21N5O3. The van der Waals surface area contributed by atoms with Gasteiger partial charge < -0.3 is 10.0 Å². The van der Waals surface area contributed by atoms with Crippen LogP contribution in [0.3, 0.4) is 0 Å². The number of aliphatic carboxylic acids is 1. The molecule has 8 heteroatoms. The lowest BCUT2D eigenvalue weighted by molar-refractivity contribution is -0.154. The van der Waals surface area contributed by atoms with Crippen LogP contribution in [0.15, 0.2) is 30.3 Å². The van der Waals surface area contributed by atoms with Gasteiger partial charge in [-0.1, -0.05) is 37.3 Å². The number of hydrogen-bond donors (Lipinski definition) is 1. The lowest BCUT2D eigenvalue weighted by Gasteiger charge is -2.37. The quantitative estimate of drug-likeness (QED) is 0.905. The lowest BCUT2D eigenvalue weighted by atomic mass is 9.92. The minimum absolute atomic E-state index is 0.287. The van der Waals surface area contributed by atoms with Crippen LogP contribution >= 0.6 is 0 Å². The van der Waals surface area contributed by atoms with Crippen molar-refractivity contribution in [2.75, 3.05) is 6.54 Å². The third-order valence-electron chi connectivity index (χ3n) is 4.60. The van der Waals surface area contributed by atoms with Crippen LogP contribution in [0.25, 0.3) is 11.4 Å². The molecule has 8 nitrogen and oxygen atoms in total. The monoisotopic (exact) mass is 343 g/mol. The molecule has 2 aromatic rings. The molecule has 3 atom stereocenters. The second kappa shape index (κ2) is 7.00. The molecule has 2 heterocycles. The Hall–Kier alpha value is -2.77. The molecule has 1 aliphatic heterocycles. The van der Waals surface area contributed by atoms with Crippen LogP contribution in [0.2, 0.25) is 0 Å². The third kappa shape index (κ3) is 3.52. The average Bonchev–Trinajstić information content (AvgIpc) is 3.11. The van der Waals surface area contributed by atoms with Crippen LogP contribution in [0.5, 0.6) is 0 Å². The number of piperidine rings is 1. The maximum absolute atomic E-state index is 12.8. The van der Waals surface area contributed by atoms with Gasteiger partial charge in [0.25, 0.3) is 0 Å². The Bertz CT molecular complexity index is 761. The maximum Gasteiger partial charge on any atom is 0.326 e. The molecule has 1 saturated heterocycles. The van der Waals surface area contributed by atoms with Gasteiger partial charge >= 0.3 is 5.97 Å². The summed E-state index contributed by atoms with van der Waals surface area (Å²) in [5, 5.41) is 21.7. The van der Waals surface area contributed by atoms with E-state index in [4.69, 9.17) is 0 Å². The fraction of sp³-hybridized carbons (Fsp3) is 0.471. The number of carbonyl (C=O) groups excluding carboxylic acids is 1. The molecule has 0 aliphatic carbocycles. The van der Waals surface area contributed by atoms with E-state index in [1.165, 1.54) is 9.70 Å². The molecule has 0 bridgehead atoms. The summed E-state index contributed by atoms with van der Waals surface area (Å²) < 4.78 is 0. The molecule has 3 unspecified atom stereocenters. The Morgan fingerprint density at radius 1 is 1.28 bits per heavy atom. The minimum Gasteiger partial charge on any atom is -0.480 e. The minimum atomic E-state index is -0.969. The predicted octanol–water partition coefficient (Wildman–Crippen LogP) is 1.61. The molecule has 1 aromatic carbocycles. The van der Waals surface area contributed by atoms with E-state index in [9.17, 15) is 14.7 Å². The molecule has 132 valence electrons. The van der Waals surface area contributed by atoms with Crippen molar-refractivity contribution in [1.82, 2.24) is 25.1 Å². The predicted molar refractivity (Wildman–Crippen MR) is 89.5 cm³/mol. The Kier molecular flexibility index (Phi) is 4.78. The Balaban J connectivity index is 1.78. The van der Waals surface area contributed by atoms with Gasteiger partial charge in [0.05, 0.1) is 0 Å². The zero-order valence-electron chi connectivity index (χ0n) is 14.2. The topological polar surface area (TPSA) is 101 Å². The van der Waals surface area contributed by atoms with Crippen LogP contribution in [-0.4, -0.2) is 54.7 Å². The second-order valence-corrected chi connectivity index (χ2v) is 6.49. The Labute approximate surface area is 145 Å². The van der Waals surface area contributed by atoms with Gasteiger partial charge in [0.1, 0.15) is 12.1 Å². The summed E-state index contributed by atoms with van der Waals surface area (Å²) >= 11 is 0. The van der Waals surface area contributed by atoms with Crippen molar-refractivity contribution in [3.63, 3.8) is 0 Å². The number of amides is 1. The summed E-state index contributed by atoms with van der Waals surface area (Å²) in [6.45, 7) is 4.10. The van der Waals surface area contributed by atoms with E-state index < -0.39 is 18.1 Å². The van der Waals surface area contributed by atoms with E-state index >= 15 is 0 Å². The highest BCUT2D eigenvalue weighted by atomic mass is 16.4. The van der Waals surface area contributed by atoms with Crippen molar-refractivity contribution in [3.8, 4) is 11.4 Å². The van der Waals surface area contributed by atoms with Crippen molar-refractivity contribution >= 4 is 11.9 Å². The van der Waals surface area contributed by atoms with Crippen LogP contribution in [0.4, 0.5) is 0 Å². The molecule has 1 aromatic heterocycles. The summed E-state index contributed by atoms with van der Waals surface area (Å²) in [5.74, 6) is -0.545. The van der Waals surface area contributed by atoms with Gasteiger partial charge in [-0.25, -0.2) is 4.79 Å². The van der Waals surface area contributed by atoms with E-state index in [1.807, 2.05) is 37.3 Å². The summed E-state index contributed by atoms with van der Waals surface area (Å²) in [6, 6.07) is 7.86. The van der Waals surface area contributed by atoms with Gasteiger partial charge in [-0.2, -0.15) is 4.80 Å². The lowest BCUT2D eigenvalue weighted by Crippen LogP contribution is -2.51. The first-order valence-corrected chi connectivity index (χ1v) is 8.35. The van der Waals surface area contributed by atoms with E-state index in [0.717, 1.165) is 12.0 Å². The van der Waals surface area contributed by atoms with Gasteiger partial charge in [-0.05, 0) is 30.9 Å². The zero-order valence-corrected chi connectivity index (χ0v) is 14.2. The molecule has 0 radical (unpaired) electrons. The smallest absolute Gasteiger partial charge is 0.326 e. The number of carboxylic acids is 1. The fourth-order valence-corrected chi connectivity index (χ4v) is 3.07. The Morgan fingerprint density at radius 2 is 2.00 bits per heavy atom. The standard InChI is InChI=1S/C17H21N5O3/c1-11-8-9-21(14(10-11)17(24)25)16(23)12(2)22-19-15(18-20-22)13-6-4-3-5-7-13/h3-7,11-12,14H,8-10H2,1-2H3,(H,24,25). The molecular weight excluding hydrogens is 322 g/mol. The number of tetrazole rings is 1. The highest BCUT2D eigenvalue weighted by molar-refractivity contribution is 5.86. The first-order valence-electron chi connectivity index (χ1n) is 8.35. The molecule has 1 amide bonds. The van der Waals surface area contributed by atoms with Crippen LogP contribution in [0.1, 0.15) is 32.7 Å². The Morgan fingerprint density at radius 3 is 2.68 bits per heavy atom. The number of aromatic nitrogens is 4. The first kappa shape index (κ1) is 17.1. The van der Waals surface area contributed by atoms with Crippen molar-refractivity contribution in [3.05, 3.63) is 30.3 Å². The van der Waals surface area contributed by atoms with Crippen LogP contribution in [0, 0.1) is 5.92 Å². The SMILES string of the molecule is CC1CCN(C(=O)C(C)n2nnc(-c3ccccc3)n2)C(C(=O)O)C1. The fourth-order valence-electron chi connectivity index (χ4n) is 3.07. The summed E-state index contributed by atoms with van der Waals surface area (Å²) in [5.41, 5.74) is 0.809. The first-order chi connectivity index (χ1) is 12.0. The molecule has 25 heavy (non-hydrogen) atoms. The van der Waals surface area contributed by atoms with E-state index in [0.29, 0.717) is 18.8 Å². The number of benzene rings is 1. The highest BCUT2D eigenvalue weighted by Crippen LogP contribution is 2.25. The number of nitrogens with zero attached hydrogens (tertiary/aromatic N) is 5. The van der Waals surface area contributed by atoms with Crippen LogP contribution in [-0.2, 0) is 9.59 Å². The van der Waals surface area contributed by atoms with Gasteiger partial charge in [0.2, 0.25) is 11.7 Å². The molecule has 0 saturated carbocycles. The van der Waals surface area contributed by atoms with E-state index in [1.54, 1.807) is 6.92 Å². The number of likely N-dealkylation sites (tertiary alicyclic amines) is 1. The maximum atomic E-state index is 12.8. The van der Waals surface area contributed by atoms with Crippen LogP contribution < -0.4 is 0 Å². The second-order valence-electron chi connectivity index (χ2n) is 6.49. The number of hydrogen-bond acceptors (Lipinski definition) is 5. The number of carboxylic acid groups (broad SMARTS) is 1. The third-order valence-corrected chi connectivity index (χ3v) is 4.60. The van der Waals surface area contributed by atoms with Crippen molar-refractivity contribution in [2.45, 2.75) is 38.8 Å². The van der Waals surface area contributed by atoms with Gasteiger partial charge in [0.15, 0.2) is 0 Å². The molecule has 1 aliphatic rings. The van der Waals surface area contributed by atoms with E-state index in [2.05, 4.69) is 15.4 Å².